The molecule has 0 bridgehead atoms. The van der Waals surface area contributed by atoms with Gasteiger partial charge in [-0.05, 0) is 19.1 Å². The van der Waals surface area contributed by atoms with Crippen LogP contribution in [0, 0.1) is 0 Å². The standard InChI is InChI=1S/C17H20N2O6/c1-2-24-17(23)19-7-5-18(6-8-19)10-11-9-14(21)25-16-12(11)3-4-13(20)15(16)22/h3-4,9,20,22H,2,5-8,10H2,1H3/p+1. The number of carbonyl (C=O) groups excluding carboxylic acids is 1. The van der Waals surface area contributed by atoms with Crippen molar-refractivity contribution in [3.8, 4) is 11.5 Å². The number of rotatable bonds is 3. The summed E-state index contributed by atoms with van der Waals surface area (Å²) in [5.41, 5.74) is 0.154. The maximum absolute atomic E-state index is 11.8. The highest BCUT2D eigenvalue weighted by Gasteiger charge is 2.25. The molecule has 0 aliphatic carbocycles. The van der Waals surface area contributed by atoms with E-state index in [0.717, 1.165) is 18.7 Å². The third kappa shape index (κ3) is 3.53. The number of nitrogens with zero attached hydrogens (tertiary/aromatic N) is 1. The van der Waals surface area contributed by atoms with E-state index in [2.05, 4.69) is 0 Å². The Labute approximate surface area is 143 Å². The number of hydrogen-bond acceptors (Lipinski definition) is 6. The Kier molecular flexibility index (Phi) is 4.80. The average Bonchev–Trinajstić information content (AvgIpc) is 2.59. The van der Waals surface area contributed by atoms with Gasteiger partial charge in [0.15, 0.2) is 11.3 Å². The van der Waals surface area contributed by atoms with Gasteiger partial charge in [0.25, 0.3) is 0 Å². The maximum atomic E-state index is 11.8. The summed E-state index contributed by atoms with van der Waals surface area (Å²) in [6, 6.07) is 4.40. The van der Waals surface area contributed by atoms with Crippen molar-refractivity contribution in [2.75, 3.05) is 32.8 Å². The van der Waals surface area contributed by atoms with Gasteiger partial charge in [0, 0.05) is 17.0 Å². The number of aromatic hydroxyl groups is 2. The van der Waals surface area contributed by atoms with E-state index in [-0.39, 0.29) is 17.4 Å². The first-order valence-electron chi connectivity index (χ1n) is 8.22. The zero-order valence-electron chi connectivity index (χ0n) is 13.9. The zero-order valence-corrected chi connectivity index (χ0v) is 13.9. The molecule has 25 heavy (non-hydrogen) atoms. The second-order valence-electron chi connectivity index (χ2n) is 6.01. The highest BCUT2D eigenvalue weighted by molar-refractivity contribution is 5.87. The predicted molar refractivity (Wildman–Crippen MR) is 88.8 cm³/mol. The smallest absolute Gasteiger partial charge is 0.410 e. The fraction of sp³-hybridized carbons (Fsp3) is 0.412. The summed E-state index contributed by atoms with van der Waals surface area (Å²) in [5, 5.41) is 20.1. The largest absolute Gasteiger partial charge is 0.504 e. The highest BCUT2D eigenvalue weighted by atomic mass is 16.6. The van der Waals surface area contributed by atoms with Crippen molar-refractivity contribution in [1.29, 1.82) is 0 Å². The second-order valence-corrected chi connectivity index (χ2v) is 6.01. The normalized spacial score (nSPS) is 15.5. The van der Waals surface area contributed by atoms with E-state index in [4.69, 9.17) is 9.15 Å². The van der Waals surface area contributed by atoms with Gasteiger partial charge >= 0.3 is 11.7 Å². The molecule has 3 rings (SSSR count). The molecule has 0 saturated carbocycles. The molecule has 0 spiro atoms. The molecule has 1 aliphatic rings. The van der Waals surface area contributed by atoms with E-state index in [9.17, 15) is 19.8 Å². The van der Waals surface area contributed by atoms with Crippen LogP contribution in [-0.4, -0.2) is 54.0 Å². The minimum atomic E-state index is -0.576. The third-order valence-electron chi connectivity index (χ3n) is 4.39. The van der Waals surface area contributed by atoms with Crippen molar-refractivity contribution in [2.45, 2.75) is 13.5 Å². The Balaban J connectivity index is 1.77. The minimum absolute atomic E-state index is 0.00735. The van der Waals surface area contributed by atoms with E-state index in [1.54, 1.807) is 17.9 Å². The van der Waals surface area contributed by atoms with Crippen LogP contribution in [0.4, 0.5) is 4.79 Å². The highest BCUT2D eigenvalue weighted by Crippen LogP contribution is 2.33. The summed E-state index contributed by atoms with van der Waals surface area (Å²) >= 11 is 0. The molecule has 1 amide bonds. The average molecular weight is 349 g/mol. The monoisotopic (exact) mass is 349 g/mol. The van der Waals surface area contributed by atoms with Gasteiger partial charge in [-0.2, -0.15) is 0 Å². The first-order chi connectivity index (χ1) is 12.0. The first kappa shape index (κ1) is 17.1. The molecule has 2 heterocycles. The molecule has 3 N–H and O–H groups in total. The van der Waals surface area contributed by atoms with Crippen molar-refractivity contribution in [3.63, 3.8) is 0 Å². The molecule has 134 valence electrons. The predicted octanol–water partition coefficient (Wildman–Crippen LogP) is 0.0612. The Morgan fingerprint density at radius 2 is 2.04 bits per heavy atom. The number of carbonyl (C=O) groups is 1. The number of fused-ring (bicyclic) bond motifs is 1. The number of nitrogens with one attached hydrogen (secondary N) is 1. The van der Waals surface area contributed by atoms with Gasteiger partial charge in [0.2, 0.25) is 5.75 Å². The molecule has 0 unspecified atom stereocenters. The number of phenolic OH excluding ortho intramolecular Hbond substituents is 2. The Morgan fingerprint density at radius 1 is 1.32 bits per heavy atom. The summed E-state index contributed by atoms with van der Waals surface area (Å²) in [6.07, 6.45) is -0.298. The summed E-state index contributed by atoms with van der Waals surface area (Å²) in [6.45, 7) is 5.31. The van der Waals surface area contributed by atoms with Gasteiger partial charge in [-0.1, -0.05) is 0 Å². The number of piperazine rings is 1. The molecular formula is C17H21N2O6+. The van der Waals surface area contributed by atoms with Crippen LogP contribution in [0.2, 0.25) is 0 Å². The van der Waals surface area contributed by atoms with Crippen LogP contribution in [0.1, 0.15) is 12.5 Å². The molecule has 1 aromatic heterocycles. The minimum Gasteiger partial charge on any atom is -0.504 e. The fourth-order valence-electron chi connectivity index (χ4n) is 3.08. The number of phenols is 2. The summed E-state index contributed by atoms with van der Waals surface area (Å²) in [5.74, 6) is -0.762. The molecule has 2 aromatic rings. The zero-order chi connectivity index (χ0) is 18.0. The first-order valence-corrected chi connectivity index (χ1v) is 8.22. The molecule has 1 saturated heterocycles. The van der Waals surface area contributed by atoms with Gasteiger partial charge in [-0.15, -0.1) is 0 Å². The topological polar surface area (TPSA) is 105 Å². The van der Waals surface area contributed by atoms with Crippen molar-refractivity contribution < 1.29 is 29.1 Å². The Hall–Kier alpha value is -2.74. The van der Waals surface area contributed by atoms with Gasteiger partial charge in [0.05, 0.1) is 32.8 Å². The Morgan fingerprint density at radius 3 is 2.72 bits per heavy atom. The second kappa shape index (κ2) is 7.02. The van der Waals surface area contributed by atoms with Crippen molar-refractivity contribution in [2.24, 2.45) is 0 Å². The lowest BCUT2D eigenvalue weighted by atomic mass is 10.1. The van der Waals surface area contributed by atoms with E-state index < -0.39 is 11.4 Å². The van der Waals surface area contributed by atoms with Crippen LogP contribution in [0.3, 0.4) is 0 Å². The quantitative estimate of drug-likeness (QED) is 0.535. The van der Waals surface area contributed by atoms with Gasteiger partial charge < -0.3 is 24.3 Å². The number of amides is 1. The summed E-state index contributed by atoms with van der Waals surface area (Å²) in [4.78, 5) is 26.4. The molecule has 1 aliphatic heterocycles. The number of ether oxygens (including phenoxy) is 1. The lowest BCUT2D eigenvalue weighted by Crippen LogP contribution is -3.13. The van der Waals surface area contributed by atoms with E-state index in [0.29, 0.717) is 31.6 Å². The van der Waals surface area contributed by atoms with Gasteiger partial charge in [-0.3, -0.25) is 4.90 Å². The van der Waals surface area contributed by atoms with Crippen LogP contribution in [0.25, 0.3) is 11.0 Å². The van der Waals surface area contributed by atoms with Crippen LogP contribution in [-0.2, 0) is 11.3 Å². The van der Waals surface area contributed by atoms with Crippen LogP contribution in [0.15, 0.2) is 27.4 Å². The lowest BCUT2D eigenvalue weighted by molar-refractivity contribution is -0.917. The summed E-state index contributed by atoms with van der Waals surface area (Å²) in [7, 11) is 0. The number of benzene rings is 1. The third-order valence-corrected chi connectivity index (χ3v) is 4.39. The number of quaternary nitrogens is 1. The van der Waals surface area contributed by atoms with Crippen LogP contribution in [0.5, 0.6) is 11.5 Å². The van der Waals surface area contributed by atoms with Crippen molar-refractivity contribution in [1.82, 2.24) is 4.90 Å². The van der Waals surface area contributed by atoms with Gasteiger partial charge in [0.1, 0.15) is 6.54 Å². The number of hydrogen-bond donors (Lipinski definition) is 3. The Bertz CT molecular complexity index is 839. The molecule has 8 heteroatoms. The molecule has 0 atom stereocenters. The van der Waals surface area contributed by atoms with E-state index in [1.807, 2.05) is 0 Å². The van der Waals surface area contributed by atoms with E-state index in [1.165, 1.54) is 17.0 Å². The lowest BCUT2D eigenvalue weighted by Gasteiger charge is -2.31. The van der Waals surface area contributed by atoms with Crippen LogP contribution < -0.4 is 10.5 Å². The molecule has 1 fully saturated rings. The van der Waals surface area contributed by atoms with E-state index >= 15 is 0 Å². The molecule has 0 radical (unpaired) electrons. The molecule has 1 aromatic carbocycles. The van der Waals surface area contributed by atoms with Gasteiger partial charge in [-0.25, -0.2) is 9.59 Å². The fourth-order valence-corrected chi connectivity index (χ4v) is 3.08. The molecule has 8 nitrogen and oxygen atoms in total. The van der Waals surface area contributed by atoms with Crippen molar-refractivity contribution >= 4 is 17.1 Å². The SMILES string of the molecule is CCOC(=O)N1CC[NH+](Cc2cc(=O)oc3c(O)c(O)ccc23)CC1. The molecular weight excluding hydrogens is 328 g/mol. The van der Waals surface area contributed by atoms with Crippen molar-refractivity contribution in [3.05, 3.63) is 34.2 Å². The summed E-state index contributed by atoms with van der Waals surface area (Å²) < 4.78 is 10.0. The van der Waals surface area contributed by atoms with Crippen LogP contribution >= 0.6 is 0 Å². The maximum Gasteiger partial charge on any atom is 0.410 e.